The number of nitriles is 1. The molecular weight excluding hydrogens is 544 g/mol. The summed E-state index contributed by atoms with van der Waals surface area (Å²) in [6.45, 7) is 5.17. The van der Waals surface area contributed by atoms with E-state index in [2.05, 4.69) is 21.6 Å². The first-order valence-corrected chi connectivity index (χ1v) is 14.6. The van der Waals surface area contributed by atoms with Crippen molar-refractivity contribution in [1.29, 1.82) is 5.26 Å². The summed E-state index contributed by atoms with van der Waals surface area (Å²) in [6, 6.07) is 21.4. The zero-order valence-corrected chi connectivity index (χ0v) is 24.3. The molecule has 0 unspecified atom stereocenters. The highest BCUT2D eigenvalue weighted by Crippen LogP contribution is 2.30. The van der Waals surface area contributed by atoms with Crippen LogP contribution < -0.4 is 20.3 Å². The number of hydrogen-bond acceptors (Lipinski definition) is 7. The highest BCUT2D eigenvalue weighted by molar-refractivity contribution is 6.07. The SMILES string of the molecule is COc1ccc(CC(=O)N2CCN(c3ccc(C(=O)N4CCCNCC4)cc3NC(=O)c3ccc(C#N)cc3)CC2)cc1. The van der Waals surface area contributed by atoms with Gasteiger partial charge in [0.1, 0.15) is 5.75 Å². The molecule has 3 aromatic carbocycles. The minimum atomic E-state index is -0.331. The van der Waals surface area contributed by atoms with Gasteiger partial charge in [-0.1, -0.05) is 12.1 Å². The predicted octanol–water partition coefficient (Wildman–Crippen LogP) is 3.15. The summed E-state index contributed by atoms with van der Waals surface area (Å²) < 4.78 is 5.21. The number of carbonyl (C=O) groups is 3. The number of nitrogens with one attached hydrogen (secondary N) is 2. The van der Waals surface area contributed by atoms with Crippen LogP contribution in [0.2, 0.25) is 0 Å². The molecule has 10 nitrogen and oxygen atoms in total. The summed E-state index contributed by atoms with van der Waals surface area (Å²) >= 11 is 0. The molecule has 2 aliphatic heterocycles. The molecule has 0 aliphatic carbocycles. The van der Waals surface area contributed by atoms with E-state index in [1.807, 2.05) is 46.2 Å². The summed E-state index contributed by atoms with van der Waals surface area (Å²) in [6.07, 6.45) is 1.20. The number of methoxy groups -OCH3 is 1. The van der Waals surface area contributed by atoms with Crippen molar-refractivity contribution in [1.82, 2.24) is 15.1 Å². The molecule has 3 aromatic rings. The number of nitrogens with zero attached hydrogens (tertiary/aromatic N) is 4. The Morgan fingerprint density at radius 1 is 0.860 bits per heavy atom. The number of piperazine rings is 1. The van der Waals surface area contributed by atoms with Gasteiger partial charge in [0, 0.05) is 56.9 Å². The van der Waals surface area contributed by atoms with Gasteiger partial charge in [-0.2, -0.15) is 5.26 Å². The van der Waals surface area contributed by atoms with E-state index < -0.39 is 0 Å². The maximum atomic E-state index is 13.4. The van der Waals surface area contributed by atoms with Gasteiger partial charge in [-0.15, -0.1) is 0 Å². The minimum Gasteiger partial charge on any atom is -0.497 e. The smallest absolute Gasteiger partial charge is 0.255 e. The van der Waals surface area contributed by atoms with E-state index in [0.29, 0.717) is 68.1 Å². The normalized spacial score (nSPS) is 15.3. The van der Waals surface area contributed by atoms with Crippen LogP contribution in [0.4, 0.5) is 11.4 Å². The van der Waals surface area contributed by atoms with E-state index in [0.717, 1.165) is 36.5 Å². The van der Waals surface area contributed by atoms with Gasteiger partial charge in [0.2, 0.25) is 5.91 Å². The van der Waals surface area contributed by atoms with Crippen molar-refractivity contribution in [2.24, 2.45) is 0 Å². The van der Waals surface area contributed by atoms with Crippen molar-refractivity contribution in [3.63, 3.8) is 0 Å². The Morgan fingerprint density at radius 2 is 1.58 bits per heavy atom. The van der Waals surface area contributed by atoms with Gasteiger partial charge in [-0.3, -0.25) is 14.4 Å². The number of ether oxygens (including phenoxy) is 1. The predicted molar refractivity (Wildman–Crippen MR) is 164 cm³/mol. The van der Waals surface area contributed by atoms with Crippen LogP contribution in [-0.4, -0.2) is 87.0 Å². The summed E-state index contributed by atoms with van der Waals surface area (Å²) in [7, 11) is 1.61. The molecule has 3 amide bonds. The molecule has 0 atom stereocenters. The second-order valence-electron chi connectivity index (χ2n) is 10.7. The molecule has 0 radical (unpaired) electrons. The number of benzene rings is 3. The molecule has 2 fully saturated rings. The summed E-state index contributed by atoms with van der Waals surface area (Å²) in [5, 5.41) is 15.4. The number of carbonyl (C=O) groups excluding carboxylic acids is 3. The molecule has 0 bridgehead atoms. The maximum absolute atomic E-state index is 13.4. The summed E-state index contributed by atoms with van der Waals surface area (Å²) in [5.41, 5.74) is 3.64. The quantitative estimate of drug-likeness (QED) is 0.441. The molecule has 2 saturated heterocycles. The Balaban J connectivity index is 1.32. The molecule has 0 aromatic heterocycles. The Hall–Kier alpha value is -4.88. The highest BCUT2D eigenvalue weighted by Gasteiger charge is 2.25. The second-order valence-corrected chi connectivity index (χ2v) is 10.7. The third-order valence-corrected chi connectivity index (χ3v) is 7.88. The number of amides is 3. The van der Waals surface area contributed by atoms with Gasteiger partial charge in [0.15, 0.2) is 0 Å². The van der Waals surface area contributed by atoms with Gasteiger partial charge in [-0.05, 0) is 73.1 Å². The van der Waals surface area contributed by atoms with Crippen LogP contribution in [0.25, 0.3) is 0 Å². The summed E-state index contributed by atoms with van der Waals surface area (Å²) in [5.74, 6) is 0.413. The molecule has 0 saturated carbocycles. The van der Waals surface area contributed by atoms with Crippen molar-refractivity contribution in [2.75, 3.05) is 69.7 Å². The number of hydrogen-bond donors (Lipinski definition) is 2. The van der Waals surface area contributed by atoms with Crippen LogP contribution in [0.3, 0.4) is 0 Å². The molecule has 2 heterocycles. The molecule has 2 N–H and O–H groups in total. The van der Waals surface area contributed by atoms with Crippen molar-refractivity contribution in [3.05, 3.63) is 89.0 Å². The Kier molecular flexibility index (Phi) is 9.54. The average molecular weight is 581 g/mol. The van der Waals surface area contributed by atoms with E-state index in [1.54, 1.807) is 37.4 Å². The minimum absolute atomic E-state index is 0.0621. The molecular formula is C33H36N6O4. The Bertz CT molecular complexity index is 1480. The first kappa shape index (κ1) is 29.6. The van der Waals surface area contributed by atoms with Crippen molar-refractivity contribution < 1.29 is 19.1 Å². The fraction of sp³-hybridized carbons (Fsp3) is 0.333. The Labute approximate surface area is 251 Å². The highest BCUT2D eigenvalue weighted by atomic mass is 16.5. The zero-order chi connectivity index (χ0) is 30.2. The molecule has 222 valence electrons. The lowest BCUT2D eigenvalue weighted by molar-refractivity contribution is -0.130. The lowest BCUT2D eigenvalue weighted by Crippen LogP contribution is -2.49. The van der Waals surface area contributed by atoms with Gasteiger partial charge in [-0.25, -0.2) is 0 Å². The van der Waals surface area contributed by atoms with Crippen LogP contribution >= 0.6 is 0 Å². The van der Waals surface area contributed by atoms with Crippen molar-refractivity contribution >= 4 is 29.1 Å². The first-order chi connectivity index (χ1) is 20.9. The monoisotopic (exact) mass is 580 g/mol. The zero-order valence-electron chi connectivity index (χ0n) is 24.3. The van der Waals surface area contributed by atoms with E-state index >= 15 is 0 Å². The van der Waals surface area contributed by atoms with Crippen LogP contribution in [0.1, 0.15) is 38.3 Å². The standard InChI is InChI=1S/C33H36N6O4/c1-43-28-10-5-24(6-11-28)21-31(40)38-19-17-37(18-20-38)30-12-9-27(33(42)39-15-2-13-35-14-16-39)22-29(30)36-32(41)26-7-3-25(23-34)4-8-26/h3-12,22,35H,2,13-21H2,1H3,(H,36,41). The lowest BCUT2D eigenvalue weighted by Gasteiger charge is -2.37. The first-order valence-electron chi connectivity index (χ1n) is 14.6. The number of rotatable bonds is 7. The molecule has 10 heteroatoms. The van der Waals surface area contributed by atoms with Gasteiger partial charge in [0.25, 0.3) is 11.8 Å². The van der Waals surface area contributed by atoms with Crippen molar-refractivity contribution in [3.8, 4) is 11.8 Å². The molecule has 5 rings (SSSR count). The lowest BCUT2D eigenvalue weighted by atomic mass is 10.1. The largest absolute Gasteiger partial charge is 0.497 e. The average Bonchev–Trinajstić information content (AvgIpc) is 3.35. The van der Waals surface area contributed by atoms with Crippen LogP contribution in [0.15, 0.2) is 66.7 Å². The van der Waals surface area contributed by atoms with Gasteiger partial charge < -0.3 is 30.1 Å². The van der Waals surface area contributed by atoms with Gasteiger partial charge in [0.05, 0.1) is 36.5 Å². The second kappa shape index (κ2) is 13.9. The fourth-order valence-corrected chi connectivity index (χ4v) is 5.39. The van der Waals surface area contributed by atoms with E-state index in [9.17, 15) is 14.4 Å². The van der Waals surface area contributed by atoms with Crippen molar-refractivity contribution in [2.45, 2.75) is 12.8 Å². The van der Waals surface area contributed by atoms with E-state index in [-0.39, 0.29) is 17.7 Å². The fourth-order valence-electron chi connectivity index (χ4n) is 5.39. The summed E-state index contributed by atoms with van der Waals surface area (Å²) in [4.78, 5) is 45.5. The molecule has 2 aliphatic rings. The van der Waals surface area contributed by atoms with Gasteiger partial charge >= 0.3 is 0 Å². The topological polar surface area (TPSA) is 118 Å². The third-order valence-electron chi connectivity index (χ3n) is 7.88. The maximum Gasteiger partial charge on any atom is 0.255 e. The van der Waals surface area contributed by atoms with E-state index in [4.69, 9.17) is 10.00 Å². The number of anilines is 2. The Morgan fingerprint density at radius 3 is 2.28 bits per heavy atom. The molecule has 43 heavy (non-hydrogen) atoms. The molecule has 0 spiro atoms. The van der Waals surface area contributed by atoms with E-state index in [1.165, 1.54) is 0 Å². The van der Waals surface area contributed by atoms with Crippen LogP contribution in [0.5, 0.6) is 5.75 Å². The van der Waals surface area contributed by atoms with Crippen LogP contribution in [-0.2, 0) is 11.2 Å². The van der Waals surface area contributed by atoms with Crippen LogP contribution in [0, 0.1) is 11.3 Å². The third kappa shape index (κ3) is 7.31.